The van der Waals surface area contributed by atoms with Crippen molar-refractivity contribution < 1.29 is 17.6 Å². The average molecular weight is 391 g/mol. The molecule has 7 nitrogen and oxygen atoms in total. The fourth-order valence-electron chi connectivity index (χ4n) is 3.35. The molecule has 1 aliphatic rings. The Balaban J connectivity index is 1.68. The van der Waals surface area contributed by atoms with Gasteiger partial charge in [-0.3, -0.25) is 14.4 Å². The highest BCUT2D eigenvalue weighted by molar-refractivity contribution is 7.92. The van der Waals surface area contributed by atoms with E-state index in [2.05, 4.69) is 14.9 Å². The number of nitrogens with zero attached hydrogens (tertiary/aromatic N) is 1. The van der Waals surface area contributed by atoms with Gasteiger partial charge in [0.25, 0.3) is 5.91 Å². The minimum absolute atomic E-state index is 0.0124. The first kappa shape index (κ1) is 19.4. The zero-order valence-electron chi connectivity index (χ0n) is 15.3. The first-order valence-corrected chi connectivity index (χ1v) is 10.9. The van der Waals surface area contributed by atoms with Gasteiger partial charge in [0.05, 0.1) is 18.6 Å². The lowest BCUT2D eigenvalue weighted by molar-refractivity contribution is 0.0914. The lowest BCUT2D eigenvalue weighted by Gasteiger charge is -2.33. The van der Waals surface area contributed by atoms with Crippen molar-refractivity contribution >= 4 is 21.6 Å². The van der Waals surface area contributed by atoms with Gasteiger partial charge in [0.2, 0.25) is 10.0 Å². The molecule has 0 aliphatic carbocycles. The molecule has 1 atom stereocenters. The van der Waals surface area contributed by atoms with E-state index in [4.69, 9.17) is 4.42 Å². The van der Waals surface area contributed by atoms with Gasteiger partial charge < -0.3 is 9.73 Å². The molecule has 27 heavy (non-hydrogen) atoms. The van der Waals surface area contributed by atoms with E-state index in [0.717, 1.165) is 37.9 Å². The lowest BCUT2D eigenvalue weighted by atomic mass is 10.1. The predicted octanol–water partition coefficient (Wildman–Crippen LogP) is 2.61. The maximum Gasteiger partial charge on any atom is 0.251 e. The van der Waals surface area contributed by atoms with E-state index in [0.29, 0.717) is 17.8 Å². The number of piperidine rings is 1. The zero-order chi connectivity index (χ0) is 19.3. The number of anilines is 1. The Morgan fingerprint density at radius 2 is 1.96 bits per heavy atom. The minimum atomic E-state index is -3.39. The quantitative estimate of drug-likeness (QED) is 0.757. The number of carbonyl (C=O) groups excluding carboxylic acids is 1. The lowest BCUT2D eigenvalue weighted by Crippen LogP contribution is -2.40. The SMILES string of the molecule is CS(=O)(=O)Nc1cccc(C(=O)NCC(c2ccco2)N2CCCCC2)c1. The summed E-state index contributed by atoms with van der Waals surface area (Å²) in [5.41, 5.74) is 0.768. The minimum Gasteiger partial charge on any atom is -0.468 e. The van der Waals surface area contributed by atoms with E-state index in [-0.39, 0.29) is 11.9 Å². The number of hydrogen-bond donors (Lipinski definition) is 2. The standard InChI is InChI=1S/C19H25N3O4S/c1-27(24,25)21-16-8-5-7-15(13-16)19(23)20-14-17(18-9-6-12-26-18)22-10-3-2-4-11-22/h5-9,12-13,17,21H,2-4,10-11,14H2,1H3,(H,20,23). The number of furan rings is 1. The fraction of sp³-hybridized carbons (Fsp3) is 0.421. The monoisotopic (exact) mass is 391 g/mol. The van der Waals surface area contributed by atoms with Crippen LogP contribution in [-0.2, 0) is 10.0 Å². The van der Waals surface area contributed by atoms with Crippen LogP contribution in [0.25, 0.3) is 0 Å². The second kappa shape index (κ2) is 8.58. The largest absolute Gasteiger partial charge is 0.468 e. The maximum absolute atomic E-state index is 12.6. The van der Waals surface area contributed by atoms with Crippen molar-refractivity contribution in [3.63, 3.8) is 0 Å². The summed E-state index contributed by atoms with van der Waals surface area (Å²) >= 11 is 0. The summed E-state index contributed by atoms with van der Waals surface area (Å²) in [6, 6.07) is 10.2. The summed E-state index contributed by atoms with van der Waals surface area (Å²) in [6.07, 6.45) is 6.24. The van der Waals surface area contributed by atoms with E-state index < -0.39 is 10.0 Å². The number of amides is 1. The molecule has 1 aliphatic heterocycles. The fourth-order valence-corrected chi connectivity index (χ4v) is 3.91. The molecule has 146 valence electrons. The van der Waals surface area contributed by atoms with E-state index in [9.17, 15) is 13.2 Å². The van der Waals surface area contributed by atoms with Gasteiger partial charge in [0.1, 0.15) is 5.76 Å². The number of sulfonamides is 1. The number of hydrogen-bond acceptors (Lipinski definition) is 5. The summed E-state index contributed by atoms with van der Waals surface area (Å²) in [4.78, 5) is 14.9. The van der Waals surface area contributed by atoms with E-state index in [1.165, 1.54) is 12.5 Å². The second-order valence-electron chi connectivity index (χ2n) is 6.79. The molecule has 1 aromatic heterocycles. The Morgan fingerprint density at radius 3 is 2.63 bits per heavy atom. The van der Waals surface area contributed by atoms with Crippen LogP contribution in [0.1, 0.15) is 41.4 Å². The van der Waals surface area contributed by atoms with Gasteiger partial charge in [-0.25, -0.2) is 8.42 Å². The molecule has 1 unspecified atom stereocenters. The maximum atomic E-state index is 12.6. The highest BCUT2D eigenvalue weighted by atomic mass is 32.2. The van der Waals surface area contributed by atoms with E-state index in [1.54, 1.807) is 24.5 Å². The normalized spacial score (nSPS) is 16.6. The number of likely N-dealkylation sites (tertiary alicyclic amines) is 1. The van der Waals surface area contributed by atoms with Crippen LogP contribution in [-0.4, -0.2) is 45.1 Å². The van der Waals surface area contributed by atoms with E-state index in [1.807, 2.05) is 12.1 Å². The molecule has 1 aromatic carbocycles. The van der Waals surface area contributed by atoms with Crippen LogP contribution < -0.4 is 10.0 Å². The molecule has 0 spiro atoms. The van der Waals surface area contributed by atoms with Gasteiger partial charge in [0, 0.05) is 17.8 Å². The van der Waals surface area contributed by atoms with Crippen molar-refractivity contribution in [1.82, 2.24) is 10.2 Å². The molecule has 1 saturated heterocycles. The highest BCUT2D eigenvalue weighted by Gasteiger charge is 2.25. The van der Waals surface area contributed by atoms with Crippen LogP contribution >= 0.6 is 0 Å². The third-order valence-electron chi connectivity index (χ3n) is 4.59. The van der Waals surface area contributed by atoms with Crippen molar-refractivity contribution in [3.8, 4) is 0 Å². The topological polar surface area (TPSA) is 91.6 Å². The van der Waals surface area contributed by atoms with Crippen molar-refractivity contribution in [3.05, 3.63) is 54.0 Å². The molecule has 2 heterocycles. The van der Waals surface area contributed by atoms with Crippen LogP contribution in [0.4, 0.5) is 5.69 Å². The number of benzene rings is 1. The van der Waals surface area contributed by atoms with Gasteiger partial charge in [0.15, 0.2) is 0 Å². The summed E-state index contributed by atoms with van der Waals surface area (Å²) in [6.45, 7) is 2.39. The Bertz CT molecular complexity index is 859. The summed E-state index contributed by atoms with van der Waals surface area (Å²) in [5.74, 6) is 0.588. The van der Waals surface area contributed by atoms with Crippen LogP contribution in [0.3, 0.4) is 0 Å². The van der Waals surface area contributed by atoms with Gasteiger partial charge >= 0.3 is 0 Å². The van der Waals surface area contributed by atoms with Gasteiger partial charge in [-0.1, -0.05) is 12.5 Å². The summed E-state index contributed by atoms with van der Waals surface area (Å²) in [5, 5.41) is 2.96. The number of carbonyl (C=O) groups is 1. The molecule has 3 rings (SSSR count). The average Bonchev–Trinajstić information content (AvgIpc) is 3.16. The Kier molecular flexibility index (Phi) is 6.18. The van der Waals surface area contributed by atoms with Crippen molar-refractivity contribution in [2.75, 3.05) is 30.6 Å². The molecule has 1 amide bonds. The Hall–Kier alpha value is -2.32. The predicted molar refractivity (Wildman–Crippen MR) is 104 cm³/mol. The third kappa shape index (κ3) is 5.58. The zero-order valence-corrected chi connectivity index (χ0v) is 16.2. The van der Waals surface area contributed by atoms with Crippen LogP contribution in [0, 0.1) is 0 Å². The Morgan fingerprint density at radius 1 is 1.19 bits per heavy atom. The van der Waals surface area contributed by atoms with Crippen LogP contribution in [0.15, 0.2) is 47.1 Å². The molecule has 1 fully saturated rings. The summed E-state index contributed by atoms with van der Waals surface area (Å²) < 4.78 is 30.7. The molecule has 2 aromatic rings. The molecule has 2 N–H and O–H groups in total. The van der Waals surface area contributed by atoms with Crippen LogP contribution in [0.5, 0.6) is 0 Å². The first-order valence-electron chi connectivity index (χ1n) is 9.06. The van der Waals surface area contributed by atoms with Gasteiger partial charge in [-0.2, -0.15) is 0 Å². The third-order valence-corrected chi connectivity index (χ3v) is 5.19. The van der Waals surface area contributed by atoms with Gasteiger partial charge in [-0.05, 0) is 56.3 Å². The molecule has 0 saturated carbocycles. The van der Waals surface area contributed by atoms with Crippen molar-refractivity contribution in [2.24, 2.45) is 0 Å². The number of rotatable bonds is 7. The molecular formula is C19H25N3O4S. The highest BCUT2D eigenvalue weighted by Crippen LogP contribution is 2.24. The number of nitrogens with one attached hydrogen (secondary N) is 2. The summed E-state index contributed by atoms with van der Waals surface area (Å²) in [7, 11) is -3.39. The second-order valence-corrected chi connectivity index (χ2v) is 8.54. The molecule has 8 heteroatoms. The van der Waals surface area contributed by atoms with Crippen molar-refractivity contribution in [2.45, 2.75) is 25.3 Å². The first-order chi connectivity index (χ1) is 12.9. The molecule has 0 bridgehead atoms. The van der Waals surface area contributed by atoms with Gasteiger partial charge in [-0.15, -0.1) is 0 Å². The molecular weight excluding hydrogens is 366 g/mol. The molecule has 0 radical (unpaired) electrons. The smallest absolute Gasteiger partial charge is 0.251 e. The van der Waals surface area contributed by atoms with Crippen molar-refractivity contribution in [1.29, 1.82) is 0 Å². The van der Waals surface area contributed by atoms with E-state index >= 15 is 0 Å². The Labute approximate surface area is 159 Å². The van der Waals surface area contributed by atoms with Crippen LogP contribution in [0.2, 0.25) is 0 Å².